The Morgan fingerprint density at radius 3 is 2.53 bits per heavy atom. The molecular formula is C13H16BrN. The van der Waals surface area contributed by atoms with Gasteiger partial charge in [0.25, 0.3) is 0 Å². The molecule has 1 N–H and O–H groups in total. The van der Waals surface area contributed by atoms with Crippen LogP contribution in [0.1, 0.15) is 18.4 Å². The number of halogens is 1. The maximum absolute atomic E-state index is 3.66. The van der Waals surface area contributed by atoms with Crippen molar-refractivity contribution in [3.8, 4) is 0 Å². The smallest absolute Gasteiger partial charge is 0.0213 e. The van der Waals surface area contributed by atoms with Crippen LogP contribution in [0.25, 0.3) is 0 Å². The molecule has 0 amide bonds. The zero-order valence-corrected chi connectivity index (χ0v) is 10.5. The molecule has 2 heteroatoms. The largest absolute Gasteiger partial charge is 0.319 e. The van der Waals surface area contributed by atoms with E-state index in [1.54, 1.807) is 0 Å². The molecule has 0 saturated carbocycles. The maximum Gasteiger partial charge on any atom is 0.0213 e. The van der Waals surface area contributed by atoms with Gasteiger partial charge in [-0.3, -0.25) is 0 Å². The summed E-state index contributed by atoms with van der Waals surface area (Å²) in [6, 6.07) is 8.55. The molecule has 1 nitrogen and oxygen atoms in total. The molecule has 2 rings (SSSR count). The summed E-state index contributed by atoms with van der Waals surface area (Å²) in [6.45, 7) is 1.03. The van der Waals surface area contributed by atoms with Crippen molar-refractivity contribution in [1.82, 2.24) is 5.32 Å². The average Bonchev–Trinajstić information content (AvgIpc) is 2.69. The number of likely N-dealkylation sites (N-methyl/N-ethyl adjacent to an activating group) is 1. The maximum atomic E-state index is 3.66. The zero-order chi connectivity index (χ0) is 10.7. The summed E-state index contributed by atoms with van der Waals surface area (Å²) in [5.41, 5.74) is 1.68. The lowest BCUT2D eigenvalue weighted by Crippen LogP contribution is -2.34. The van der Waals surface area contributed by atoms with Gasteiger partial charge in [-0.05, 0) is 31.5 Å². The quantitative estimate of drug-likeness (QED) is 0.828. The van der Waals surface area contributed by atoms with Crippen LogP contribution in [0.3, 0.4) is 0 Å². The zero-order valence-electron chi connectivity index (χ0n) is 8.96. The van der Waals surface area contributed by atoms with Crippen molar-refractivity contribution in [2.24, 2.45) is 0 Å². The minimum atomic E-state index is 0.259. The molecule has 0 saturated heterocycles. The van der Waals surface area contributed by atoms with Gasteiger partial charge in [0, 0.05) is 16.4 Å². The topological polar surface area (TPSA) is 12.0 Å². The molecule has 0 spiro atoms. The molecular weight excluding hydrogens is 250 g/mol. The number of nitrogens with one attached hydrogen (secondary N) is 1. The number of hydrogen-bond donors (Lipinski definition) is 1. The van der Waals surface area contributed by atoms with E-state index in [9.17, 15) is 0 Å². The Bertz CT molecular complexity index is 363. The fourth-order valence-corrected chi connectivity index (χ4v) is 3.10. The highest BCUT2D eigenvalue weighted by Gasteiger charge is 2.33. The molecule has 80 valence electrons. The lowest BCUT2D eigenvalue weighted by atomic mass is 9.78. The van der Waals surface area contributed by atoms with Crippen molar-refractivity contribution in [1.29, 1.82) is 0 Å². The van der Waals surface area contributed by atoms with Crippen LogP contribution in [-0.2, 0) is 5.41 Å². The van der Waals surface area contributed by atoms with Gasteiger partial charge in [0.05, 0.1) is 0 Å². The van der Waals surface area contributed by atoms with E-state index < -0.39 is 0 Å². The minimum Gasteiger partial charge on any atom is -0.319 e. The molecule has 0 unspecified atom stereocenters. The molecule has 1 aromatic rings. The summed E-state index contributed by atoms with van der Waals surface area (Å²) in [7, 11) is 2.02. The van der Waals surface area contributed by atoms with Gasteiger partial charge < -0.3 is 5.32 Å². The fourth-order valence-electron chi connectivity index (χ4n) is 2.39. The Labute approximate surface area is 99.7 Å². The highest BCUT2D eigenvalue weighted by molar-refractivity contribution is 9.10. The van der Waals surface area contributed by atoms with E-state index in [-0.39, 0.29) is 5.41 Å². The Morgan fingerprint density at radius 2 is 1.93 bits per heavy atom. The van der Waals surface area contributed by atoms with E-state index >= 15 is 0 Å². The van der Waals surface area contributed by atoms with E-state index in [4.69, 9.17) is 0 Å². The molecule has 0 atom stereocenters. The second kappa shape index (κ2) is 4.50. The summed E-state index contributed by atoms with van der Waals surface area (Å²) in [6.07, 6.45) is 6.85. The number of rotatable bonds is 3. The van der Waals surface area contributed by atoms with Crippen LogP contribution in [0.4, 0.5) is 0 Å². The highest BCUT2D eigenvalue weighted by atomic mass is 79.9. The number of benzene rings is 1. The Balaban J connectivity index is 2.37. The van der Waals surface area contributed by atoms with Crippen molar-refractivity contribution < 1.29 is 0 Å². The van der Waals surface area contributed by atoms with Crippen molar-refractivity contribution in [2.75, 3.05) is 13.6 Å². The molecule has 0 aliphatic heterocycles. The normalized spacial score (nSPS) is 18.3. The SMILES string of the molecule is CNCC1(c2ccccc2Br)CC=CC1. The summed E-state index contributed by atoms with van der Waals surface area (Å²) >= 11 is 3.66. The van der Waals surface area contributed by atoms with Crippen LogP contribution in [0.15, 0.2) is 40.9 Å². The molecule has 0 aromatic heterocycles. The minimum absolute atomic E-state index is 0.259. The first-order valence-corrected chi connectivity index (χ1v) is 6.12. The molecule has 0 bridgehead atoms. The first-order chi connectivity index (χ1) is 7.28. The first-order valence-electron chi connectivity index (χ1n) is 5.33. The molecule has 15 heavy (non-hydrogen) atoms. The van der Waals surface area contributed by atoms with E-state index in [0.29, 0.717) is 0 Å². The second-order valence-electron chi connectivity index (χ2n) is 4.17. The van der Waals surface area contributed by atoms with Crippen molar-refractivity contribution in [2.45, 2.75) is 18.3 Å². The van der Waals surface area contributed by atoms with E-state index in [1.165, 1.54) is 10.0 Å². The number of hydrogen-bond acceptors (Lipinski definition) is 1. The standard InChI is InChI=1S/C13H16BrN/c1-15-10-13(8-4-5-9-13)11-6-2-3-7-12(11)14/h2-7,15H,8-10H2,1H3. The lowest BCUT2D eigenvalue weighted by molar-refractivity contribution is 0.434. The molecule has 0 fully saturated rings. The summed E-state index contributed by atoms with van der Waals surface area (Å²) in [4.78, 5) is 0. The van der Waals surface area contributed by atoms with Gasteiger partial charge in [0.15, 0.2) is 0 Å². The van der Waals surface area contributed by atoms with Crippen LogP contribution >= 0.6 is 15.9 Å². The summed E-state index contributed by atoms with van der Waals surface area (Å²) < 4.78 is 1.23. The van der Waals surface area contributed by atoms with Gasteiger partial charge in [0.2, 0.25) is 0 Å². The molecule has 1 aliphatic carbocycles. The molecule has 0 radical (unpaired) electrons. The van der Waals surface area contributed by atoms with Gasteiger partial charge in [-0.1, -0.05) is 46.3 Å². The van der Waals surface area contributed by atoms with Gasteiger partial charge in [-0.15, -0.1) is 0 Å². The van der Waals surface area contributed by atoms with Crippen molar-refractivity contribution in [3.05, 3.63) is 46.5 Å². The van der Waals surface area contributed by atoms with Crippen LogP contribution in [0.2, 0.25) is 0 Å². The summed E-state index contributed by atoms with van der Waals surface area (Å²) in [5.74, 6) is 0. The van der Waals surface area contributed by atoms with E-state index in [2.05, 4.69) is 57.7 Å². The Kier molecular flexibility index (Phi) is 3.27. The Hall–Kier alpha value is -0.600. The van der Waals surface area contributed by atoms with Crippen molar-refractivity contribution in [3.63, 3.8) is 0 Å². The van der Waals surface area contributed by atoms with Crippen LogP contribution in [-0.4, -0.2) is 13.6 Å². The fraction of sp³-hybridized carbons (Fsp3) is 0.385. The van der Waals surface area contributed by atoms with Crippen LogP contribution in [0, 0.1) is 0 Å². The lowest BCUT2D eigenvalue weighted by Gasteiger charge is -2.30. The van der Waals surface area contributed by atoms with Crippen LogP contribution < -0.4 is 5.32 Å². The Morgan fingerprint density at radius 1 is 1.27 bits per heavy atom. The van der Waals surface area contributed by atoms with Gasteiger partial charge >= 0.3 is 0 Å². The third-order valence-corrected chi connectivity index (χ3v) is 3.84. The molecule has 1 aromatic carbocycles. The third-order valence-electron chi connectivity index (χ3n) is 3.14. The first kappa shape index (κ1) is 10.9. The predicted octanol–water partition coefficient (Wildman–Crippen LogP) is 3.26. The van der Waals surface area contributed by atoms with Gasteiger partial charge in [-0.25, -0.2) is 0 Å². The van der Waals surface area contributed by atoms with Crippen LogP contribution in [0.5, 0.6) is 0 Å². The second-order valence-corrected chi connectivity index (χ2v) is 5.02. The predicted molar refractivity (Wildman–Crippen MR) is 68.1 cm³/mol. The van der Waals surface area contributed by atoms with Gasteiger partial charge in [-0.2, -0.15) is 0 Å². The van der Waals surface area contributed by atoms with Gasteiger partial charge in [0.1, 0.15) is 0 Å². The van der Waals surface area contributed by atoms with E-state index in [1.807, 2.05) is 7.05 Å². The highest BCUT2D eigenvalue weighted by Crippen LogP contribution is 2.39. The number of allylic oxidation sites excluding steroid dienone is 2. The van der Waals surface area contributed by atoms with Crippen molar-refractivity contribution >= 4 is 15.9 Å². The third kappa shape index (κ3) is 2.01. The molecule has 1 aliphatic rings. The summed E-state index contributed by atoms with van der Waals surface area (Å²) in [5, 5.41) is 3.32. The molecule has 0 heterocycles. The van der Waals surface area contributed by atoms with E-state index in [0.717, 1.165) is 19.4 Å². The monoisotopic (exact) mass is 265 g/mol. The average molecular weight is 266 g/mol.